The van der Waals surface area contributed by atoms with Crippen molar-refractivity contribution in [2.24, 2.45) is 5.92 Å². The summed E-state index contributed by atoms with van der Waals surface area (Å²) in [6.07, 6.45) is 4.04. The van der Waals surface area contributed by atoms with Crippen LogP contribution < -0.4 is 5.32 Å². The predicted molar refractivity (Wildman–Crippen MR) is 155 cm³/mol. The fourth-order valence-electron chi connectivity index (χ4n) is 4.44. The fraction of sp³-hybridized carbons (Fsp3) is 0.419. The molecule has 0 spiro atoms. The molecule has 0 aliphatic heterocycles. The maximum absolute atomic E-state index is 12.6. The van der Waals surface area contributed by atoms with Crippen molar-refractivity contribution in [2.75, 3.05) is 13.1 Å². The third kappa shape index (κ3) is 7.53. The Bertz CT molecular complexity index is 1300. The standard InChI is InChI=1S/C31H40N4OS/c1-22(2)14-16-32-30(36)28-21-37-29(34-28)20-35(19-23-10-12-25(13-11-23)31(3,4)5)17-15-24-18-33-27-9-7-6-8-26(24)27/h6-13,18,21-22,33H,14-17,19-20H2,1-5H3,(H,32,36). The molecule has 0 bridgehead atoms. The lowest BCUT2D eigenvalue weighted by Crippen LogP contribution is -2.27. The molecule has 0 radical (unpaired) electrons. The van der Waals surface area contributed by atoms with Gasteiger partial charge in [0.2, 0.25) is 0 Å². The summed E-state index contributed by atoms with van der Waals surface area (Å²) >= 11 is 1.57. The molecular formula is C31H40N4OS. The van der Waals surface area contributed by atoms with E-state index in [4.69, 9.17) is 0 Å². The highest BCUT2D eigenvalue weighted by Gasteiger charge is 2.16. The molecule has 0 saturated heterocycles. The first kappa shape index (κ1) is 27.1. The van der Waals surface area contributed by atoms with Gasteiger partial charge in [-0.2, -0.15) is 0 Å². The molecule has 0 atom stereocenters. The average molecular weight is 517 g/mol. The Labute approximate surface area is 225 Å². The highest BCUT2D eigenvalue weighted by Crippen LogP contribution is 2.24. The second-order valence-electron chi connectivity index (χ2n) is 11.3. The van der Waals surface area contributed by atoms with Gasteiger partial charge in [0.05, 0.1) is 6.54 Å². The number of nitrogens with zero attached hydrogens (tertiary/aromatic N) is 2. The van der Waals surface area contributed by atoms with E-state index in [0.717, 1.165) is 30.9 Å². The molecule has 0 unspecified atom stereocenters. The zero-order valence-electron chi connectivity index (χ0n) is 22.8. The van der Waals surface area contributed by atoms with Crippen LogP contribution in [0.5, 0.6) is 0 Å². The quantitative estimate of drug-likeness (QED) is 0.227. The number of thiazole rings is 1. The van der Waals surface area contributed by atoms with Crippen LogP contribution in [0.4, 0.5) is 0 Å². The van der Waals surface area contributed by atoms with Crippen LogP contribution in [0, 0.1) is 5.92 Å². The minimum atomic E-state index is -0.0775. The molecule has 2 N–H and O–H groups in total. The molecule has 0 fully saturated rings. The lowest BCUT2D eigenvalue weighted by Gasteiger charge is -2.23. The van der Waals surface area contributed by atoms with Gasteiger partial charge < -0.3 is 10.3 Å². The molecule has 196 valence electrons. The molecule has 0 aliphatic carbocycles. The second kappa shape index (κ2) is 12.1. The summed E-state index contributed by atoms with van der Waals surface area (Å²) in [6, 6.07) is 17.4. The highest BCUT2D eigenvalue weighted by molar-refractivity contribution is 7.09. The second-order valence-corrected chi connectivity index (χ2v) is 12.3. The average Bonchev–Trinajstić information content (AvgIpc) is 3.49. The Balaban J connectivity index is 1.46. The number of nitrogens with one attached hydrogen (secondary N) is 2. The number of para-hydroxylation sites is 1. The van der Waals surface area contributed by atoms with Crippen LogP contribution in [0.15, 0.2) is 60.1 Å². The van der Waals surface area contributed by atoms with E-state index in [-0.39, 0.29) is 11.3 Å². The molecule has 0 aliphatic rings. The highest BCUT2D eigenvalue weighted by atomic mass is 32.1. The molecule has 0 saturated carbocycles. The number of fused-ring (bicyclic) bond motifs is 1. The summed E-state index contributed by atoms with van der Waals surface area (Å²) in [5, 5.41) is 7.14. The zero-order valence-corrected chi connectivity index (χ0v) is 23.6. The van der Waals surface area contributed by atoms with Gasteiger partial charge in [0.15, 0.2) is 0 Å². The number of amides is 1. The number of rotatable bonds is 11. The number of hydrogen-bond acceptors (Lipinski definition) is 4. The maximum atomic E-state index is 12.6. The van der Waals surface area contributed by atoms with Crippen molar-refractivity contribution in [3.8, 4) is 0 Å². The first-order chi connectivity index (χ1) is 17.7. The third-order valence-electron chi connectivity index (χ3n) is 6.75. The van der Waals surface area contributed by atoms with E-state index < -0.39 is 0 Å². The topological polar surface area (TPSA) is 61.0 Å². The van der Waals surface area contributed by atoms with Crippen molar-refractivity contribution in [3.63, 3.8) is 0 Å². The Morgan fingerprint density at radius 1 is 1.08 bits per heavy atom. The molecule has 5 nitrogen and oxygen atoms in total. The fourth-order valence-corrected chi connectivity index (χ4v) is 5.26. The molecule has 37 heavy (non-hydrogen) atoms. The minimum absolute atomic E-state index is 0.0775. The largest absolute Gasteiger partial charge is 0.361 e. The van der Waals surface area contributed by atoms with E-state index in [2.05, 4.69) is 110 Å². The lowest BCUT2D eigenvalue weighted by molar-refractivity contribution is 0.0947. The minimum Gasteiger partial charge on any atom is -0.361 e. The van der Waals surface area contributed by atoms with Gasteiger partial charge in [0, 0.05) is 42.1 Å². The van der Waals surface area contributed by atoms with Gasteiger partial charge >= 0.3 is 0 Å². The molecule has 2 heterocycles. The van der Waals surface area contributed by atoms with Crippen LogP contribution in [0.3, 0.4) is 0 Å². The van der Waals surface area contributed by atoms with Crippen molar-refractivity contribution >= 4 is 28.1 Å². The van der Waals surface area contributed by atoms with Crippen LogP contribution in [0.25, 0.3) is 10.9 Å². The molecule has 6 heteroatoms. The van der Waals surface area contributed by atoms with Gasteiger partial charge in [-0.25, -0.2) is 4.98 Å². The van der Waals surface area contributed by atoms with E-state index in [0.29, 0.717) is 24.7 Å². The summed E-state index contributed by atoms with van der Waals surface area (Å²) in [6.45, 7) is 14.2. The Hall–Kier alpha value is -2.96. The first-order valence-electron chi connectivity index (χ1n) is 13.3. The first-order valence-corrected chi connectivity index (χ1v) is 14.2. The van der Waals surface area contributed by atoms with Gasteiger partial charge in [-0.3, -0.25) is 9.69 Å². The Kier molecular flexibility index (Phi) is 8.83. The SMILES string of the molecule is CC(C)CCNC(=O)c1csc(CN(CCc2c[nH]c3ccccc23)Cc2ccc(C(C)(C)C)cc2)n1. The molecular weight excluding hydrogens is 476 g/mol. The van der Waals surface area contributed by atoms with Crippen LogP contribution >= 0.6 is 11.3 Å². The van der Waals surface area contributed by atoms with Crippen LogP contribution in [-0.2, 0) is 24.9 Å². The van der Waals surface area contributed by atoms with E-state index in [9.17, 15) is 4.79 Å². The maximum Gasteiger partial charge on any atom is 0.270 e. The molecule has 2 aromatic heterocycles. The number of hydrogen-bond donors (Lipinski definition) is 2. The van der Waals surface area contributed by atoms with Crippen molar-refractivity contribution in [2.45, 2.75) is 66.0 Å². The van der Waals surface area contributed by atoms with Crippen molar-refractivity contribution in [1.82, 2.24) is 20.2 Å². The van der Waals surface area contributed by atoms with Crippen LogP contribution in [0.2, 0.25) is 0 Å². The number of H-pyrrole nitrogens is 1. The van der Waals surface area contributed by atoms with E-state index in [1.54, 1.807) is 11.3 Å². The smallest absolute Gasteiger partial charge is 0.270 e. The van der Waals surface area contributed by atoms with Crippen LogP contribution in [-0.4, -0.2) is 33.9 Å². The van der Waals surface area contributed by atoms with Crippen molar-refractivity contribution in [3.05, 3.63) is 87.5 Å². The molecule has 4 aromatic rings. The predicted octanol–water partition coefficient (Wildman–Crippen LogP) is 6.94. The van der Waals surface area contributed by atoms with Gasteiger partial charge in [0.1, 0.15) is 10.7 Å². The van der Waals surface area contributed by atoms with E-state index in [1.165, 1.54) is 27.6 Å². The number of aromatic amines is 1. The van der Waals surface area contributed by atoms with E-state index >= 15 is 0 Å². The monoisotopic (exact) mass is 516 g/mol. The number of benzene rings is 2. The number of aromatic nitrogens is 2. The summed E-state index contributed by atoms with van der Waals surface area (Å²) in [4.78, 5) is 23.1. The summed E-state index contributed by atoms with van der Waals surface area (Å²) in [5.41, 5.74) is 5.79. The van der Waals surface area contributed by atoms with Gasteiger partial charge in [-0.1, -0.05) is 77.1 Å². The number of carbonyl (C=O) groups is 1. The Morgan fingerprint density at radius 2 is 1.84 bits per heavy atom. The summed E-state index contributed by atoms with van der Waals surface area (Å²) in [5.74, 6) is 0.487. The summed E-state index contributed by atoms with van der Waals surface area (Å²) < 4.78 is 0. The van der Waals surface area contributed by atoms with Crippen molar-refractivity contribution < 1.29 is 4.79 Å². The molecule has 2 aromatic carbocycles. The van der Waals surface area contributed by atoms with Gasteiger partial charge in [0.25, 0.3) is 5.91 Å². The van der Waals surface area contributed by atoms with Gasteiger partial charge in [-0.05, 0) is 46.9 Å². The van der Waals surface area contributed by atoms with E-state index in [1.807, 2.05) is 5.38 Å². The Morgan fingerprint density at radius 3 is 2.57 bits per heavy atom. The van der Waals surface area contributed by atoms with Crippen LogP contribution in [0.1, 0.15) is 73.2 Å². The van der Waals surface area contributed by atoms with Gasteiger partial charge in [-0.15, -0.1) is 11.3 Å². The summed E-state index contributed by atoms with van der Waals surface area (Å²) in [7, 11) is 0. The number of carbonyl (C=O) groups excluding carboxylic acids is 1. The zero-order chi connectivity index (χ0) is 26.4. The molecule has 1 amide bonds. The third-order valence-corrected chi connectivity index (χ3v) is 7.58. The normalized spacial score (nSPS) is 12.1. The van der Waals surface area contributed by atoms with Crippen molar-refractivity contribution in [1.29, 1.82) is 0 Å². The molecule has 4 rings (SSSR count). The lowest BCUT2D eigenvalue weighted by atomic mass is 9.87.